The Balaban J connectivity index is 2.55. The highest BCUT2D eigenvalue weighted by Gasteiger charge is 2.01. The van der Waals surface area contributed by atoms with Crippen LogP contribution in [0, 0.1) is 0 Å². The highest BCUT2D eigenvalue weighted by molar-refractivity contribution is 7.99. The molecule has 0 bridgehead atoms. The third-order valence-electron chi connectivity index (χ3n) is 1.95. The van der Waals surface area contributed by atoms with Crippen LogP contribution in [0.2, 0.25) is 0 Å². The SMILES string of the molecule is CCCCSc1ncccc1CNC. The maximum atomic E-state index is 4.39. The summed E-state index contributed by atoms with van der Waals surface area (Å²) < 4.78 is 0. The lowest BCUT2D eigenvalue weighted by molar-refractivity contribution is 0.789. The van der Waals surface area contributed by atoms with E-state index >= 15 is 0 Å². The Morgan fingerprint density at radius 1 is 1.50 bits per heavy atom. The van der Waals surface area contributed by atoms with Gasteiger partial charge in [0.05, 0.1) is 0 Å². The van der Waals surface area contributed by atoms with Crippen LogP contribution in [0.1, 0.15) is 25.3 Å². The zero-order valence-electron chi connectivity index (χ0n) is 8.92. The van der Waals surface area contributed by atoms with Gasteiger partial charge in [0.1, 0.15) is 5.03 Å². The van der Waals surface area contributed by atoms with E-state index in [4.69, 9.17) is 0 Å². The van der Waals surface area contributed by atoms with Gasteiger partial charge in [-0.05, 0) is 30.9 Å². The lowest BCUT2D eigenvalue weighted by Crippen LogP contribution is -2.06. The van der Waals surface area contributed by atoms with E-state index in [1.54, 1.807) is 0 Å². The first kappa shape index (κ1) is 11.5. The summed E-state index contributed by atoms with van der Waals surface area (Å²) in [7, 11) is 1.97. The van der Waals surface area contributed by atoms with E-state index in [1.165, 1.54) is 29.2 Å². The van der Waals surface area contributed by atoms with Crippen molar-refractivity contribution in [2.45, 2.75) is 31.3 Å². The average molecular weight is 210 g/mol. The maximum Gasteiger partial charge on any atom is 0.100 e. The molecule has 1 aromatic rings. The first-order valence-electron chi connectivity index (χ1n) is 5.09. The van der Waals surface area contributed by atoms with Crippen LogP contribution >= 0.6 is 11.8 Å². The van der Waals surface area contributed by atoms with Crippen molar-refractivity contribution >= 4 is 11.8 Å². The Morgan fingerprint density at radius 3 is 3.07 bits per heavy atom. The van der Waals surface area contributed by atoms with Crippen LogP contribution in [0.5, 0.6) is 0 Å². The molecular weight excluding hydrogens is 192 g/mol. The van der Waals surface area contributed by atoms with Crippen molar-refractivity contribution in [1.82, 2.24) is 10.3 Å². The van der Waals surface area contributed by atoms with E-state index in [-0.39, 0.29) is 0 Å². The molecule has 0 spiro atoms. The molecule has 0 saturated carbocycles. The highest BCUT2D eigenvalue weighted by Crippen LogP contribution is 2.20. The molecule has 1 heterocycles. The van der Waals surface area contributed by atoms with Gasteiger partial charge < -0.3 is 5.32 Å². The van der Waals surface area contributed by atoms with Gasteiger partial charge in [-0.3, -0.25) is 0 Å². The smallest absolute Gasteiger partial charge is 0.100 e. The summed E-state index contributed by atoms with van der Waals surface area (Å²) in [5.41, 5.74) is 1.30. The Hall–Kier alpha value is -0.540. The standard InChI is InChI=1S/C11H18N2S/c1-3-4-8-14-11-10(9-12-2)6-5-7-13-11/h5-7,12H,3-4,8-9H2,1-2H3. The quantitative estimate of drug-likeness (QED) is 0.577. The second kappa shape index (κ2) is 6.85. The molecule has 0 unspecified atom stereocenters. The fourth-order valence-electron chi connectivity index (χ4n) is 1.19. The number of nitrogens with one attached hydrogen (secondary N) is 1. The molecule has 1 aromatic heterocycles. The number of pyridine rings is 1. The van der Waals surface area contributed by atoms with E-state index in [0.29, 0.717) is 0 Å². The number of nitrogens with zero attached hydrogens (tertiary/aromatic N) is 1. The predicted octanol–water partition coefficient (Wildman–Crippen LogP) is 2.69. The lowest BCUT2D eigenvalue weighted by atomic mass is 10.3. The Kier molecular flexibility index (Phi) is 5.64. The van der Waals surface area contributed by atoms with Gasteiger partial charge in [0.15, 0.2) is 0 Å². The van der Waals surface area contributed by atoms with Crippen molar-refractivity contribution in [2.24, 2.45) is 0 Å². The zero-order chi connectivity index (χ0) is 10.2. The summed E-state index contributed by atoms with van der Waals surface area (Å²) in [5.74, 6) is 1.17. The van der Waals surface area contributed by atoms with E-state index < -0.39 is 0 Å². The number of unbranched alkanes of at least 4 members (excludes halogenated alkanes) is 1. The lowest BCUT2D eigenvalue weighted by Gasteiger charge is -2.06. The van der Waals surface area contributed by atoms with Crippen LogP contribution in [0.15, 0.2) is 23.4 Å². The van der Waals surface area contributed by atoms with E-state index in [9.17, 15) is 0 Å². The molecule has 1 rings (SSSR count). The third-order valence-corrected chi connectivity index (χ3v) is 3.09. The molecule has 0 aliphatic carbocycles. The molecular formula is C11H18N2S. The van der Waals surface area contributed by atoms with Crippen molar-refractivity contribution in [3.8, 4) is 0 Å². The molecule has 0 amide bonds. The molecule has 0 aromatic carbocycles. The number of thioether (sulfide) groups is 1. The van der Waals surface area contributed by atoms with E-state index in [0.717, 1.165) is 6.54 Å². The van der Waals surface area contributed by atoms with Gasteiger partial charge in [0, 0.05) is 12.7 Å². The van der Waals surface area contributed by atoms with Gasteiger partial charge in [-0.2, -0.15) is 0 Å². The van der Waals surface area contributed by atoms with Crippen LogP contribution in [0.4, 0.5) is 0 Å². The van der Waals surface area contributed by atoms with Crippen molar-refractivity contribution in [3.05, 3.63) is 23.9 Å². The molecule has 1 N–H and O–H groups in total. The minimum atomic E-state index is 0.905. The van der Waals surface area contributed by atoms with Crippen molar-refractivity contribution < 1.29 is 0 Å². The van der Waals surface area contributed by atoms with Gasteiger partial charge in [0.25, 0.3) is 0 Å². The third kappa shape index (κ3) is 3.68. The van der Waals surface area contributed by atoms with Gasteiger partial charge in [-0.15, -0.1) is 11.8 Å². The number of aromatic nitrogens is 1. The molecule has 0 aliphatic rings. The summed E-state index contributed by atoms with van der Waals surface area (Å²) >= 11 is 1.86. The fraction of sp³-hybridized carbons (Fsp3) is 0.545. The Morgan fingerprint density at radius 2 is 2.36 bits per heavy atom. The first-order chi connectivity index (χ1) is 6.88. The first-order valence-corrected chi connectivity index (χ1v) is 6.08. The number of hydrogen-bond acceptors (Lipinski definition) is 3. The molecule has 14 heavy (non-hydrogen) atoms. The molecule has 0 aliphatic heterocycles. The van der Waals surface area contributed by atoms with E-state index in [2.05, 4.69) is 23.3 Å². The summed E-state index contributed by atoms with van der Waals surface area (Å²) in [4.78, 5) is 4.39. The van der Waals surface area contributed by atoms with Crippen molar-refractivity contribution in [3.63, 3.8) is 0 Å². The molecule has 0 radical (unpaired) electrons. The summed E-state index contributed by atoms with van der Waals surface area (Å²) in [6.45, 7) is 3.12. The number of rotatable bonds is 6. The average Bonchev–Trinajstić information content (AvgIpc) is 2.21. The van der Waals surface area contributed by atoms with Crippen LogP contribution in [0.3, 0.4) is 0 Å². The minimum Gasteiger partial charge on any atom is -0.316 e. The largest absolute Gasteiger partial charge is 0.316 e. The fourth-order valence-corrected chi connectivity index (χ4v) is 2.28. The molecule has 78 valence electrons. The molecule has 0 saturated heterocycles. The Bertz CT molecular complexity index is 263. The minimum absolute atomic E-state index is 0.905. The topological polar surface area (TPSA) is 24.9 Å². The number of hydrogen-bond donors (Lipinski definition) is 1. The van der Waals surface area contributed by atoms with Crippen LogP contribution in [0.25, 0.3) is 0 Å². The van der Waals surface area contributed by atoms with Crippen LogP contribution in [-0.4, -0.2) is 17.8 Å². The molecule has 0 atom stereocenters. The monoisotopic (exact) mass is 210 g/mol. The van der Waals surface area contributed by atoms with E-state index in [1.807, 2.05) is 31.1 Å². The Labute approximate surface area is 90.5 Å². The van der Waals surface area contributed by atoms with Gasteiger partial charge in [-0.25, -0.2) is 4.98 Å². The molecule has 2 nitrogen and oxygen atoms in total. The second-order valence-electron chi connectivity index (χ2n) is 3.20. The van der Waals surface area contributed by atoms with Crippen LogP contribution < -0.4 is 5.32 Å². The molecule has 0 fully saturated rings. The van der Waals surface area contributed by atoms with Gasteiger partial charge >= 0.3 is 0 Å². The summed E-state index contributed by atoms with van der Waals surface area (Å²) in [6.07, 6.45) is 4.38. The van der Waals surface area contributed by atoms with Crippen LogP contribution in [-0.2, 0) is 6.54 Å². The summed E-state index contributed by atoms with van der Waals surface area (Å²) in [6, 6.07) is 4.13. The zero-order valence-corrected chi connectivity index (χ0v) is 9.73. The normalized spacial score (nSPS) is 10.4. The van der Waals surface area contributed by atoms with Gasteiger partial charge in [0.2, 0.25) is 0 Å². The predicted molar refractivity (Wildman–Crippen MR) is 62.6 cm³/mol. The van der Waals surface area contributed by atoms with Gasteiger partial charge in [-0.1, -0.05) is 19.4 Å². The summed E-state index contributed by atoms with van der Waals surface area (Å²) in [5, 5.41) is 4.34. The second-order valence-corrected chi connectivity index (χ2v) is 4.28. The maximum absolute atomic E-state index is 4.39. The highest BCUT2D eigenvalue weighted by atomic mass is 32.2. The molecule has 3 heteroatoms. The van der Waals surface area contributed by atoms with Crippen molar-refractivity contribution in [2.75, 3.05) is 12.8 Å². The van der Waals surface area contributed by atoms with Crippen molar-refractivity contribution in [1.29, 1.82) is 0 Å².